The highest BCUT2D eigenvalue weighted by Gasteiger charge is 2.11. The number of hydrogen-bond acceptors (Lipinski definition) is 7. The van der Waals surface area contributed by atoms with E-state index in [2.05, 4.69) is 27.3 Å². The summed E-state index contributed by atoms with van der Waals surface area (Å²) in [6, 6.07) is 9.50. The maximum atomic E-state index is 12.4. The first-order valence-corrected chi connectivity index (χ1v) is 11.0. The molecule has 178 valence electrons. The molecule has 2 aromatic heterocycles. The molecule has 3 heterocycles. The molecule has 1 fully saturated rings. The number of amides is 1. The third kappa shape index (κ3) is 7.10. The van der Waals surface area contributed by atoms with Crippen molar-refractivity contribution in [1.29, 1.82) is 0 Å². The Morgan fingerprint density at radius 3 is 2.52 bits per heavy atom. The van der Waals surface area contributed by atoms with Crippen LogP contribution in [0.3, 0.4) is 0 Å². The number of ether oxygens (including phenoxy) is 2. The number of pyridine rings is 1. The van der Waals surface area contributed by atoms with E-state index in [1.165, 1.54) is 0 Å². The standard InChI is InChI=1S/C19H20N4O3.C5H11NO.H2/c1-13(2)23-18-16(10-22-23)7-17(9-20-18)19(25)21-8-14-3-5-15(6-4-14)11-26-12-24;1-6-2-4-7-5-3-6;/h3-7,9-10,12-13H,8,11H2,1-2H3,(H,21,25);2-5H2,1H3;1H. The fourth-order valence-electron chi connectivity index (χ4n) is 3.26. The summed E-state index contributed by atoms with van der Waals surface area (Å²) in [5, 5.41) is 8.03. The molecule has 1 aromatic carbocycles. The van der Waals surface area contributed by atoms with Crippen LogP contribution < -0.4 is 5.32 Å². The van der Waals surface area contributed by atoms with Gasteiger partial charge in [0, 0.05) is 38.7 Å². The van der Waals surface area contributed by atoms with Crippen molar-refractivity contribution < 1.29 is 20.5 Å². The predicted molar refractivity (Wildman–Crippen MR) is 127 cm³/mol. The molecule has 0 bridgehead atoms. The van der Waals surface area contributed by atoms with Gasteiger partial charge in [0.15, 0.2) is 5.65 Å². The van der Waals surface area contributed by atoms with E-state index in [-0.39, 0.29) is 20.0 Å². The second-order valence-electron chi connectivity index (χ2n) is 8.14. The van der Waals surface area contributed by atoms with Gasteiger partial charge in [-0.3, -0.25) is 9.59 Å². The Balaban J connectivity index is 0.000000439. The number of hydrogen-bond donors (Lipinski definition) is 1. The van der Waals surface area contributed by atoms with Gasteiger partial charge >= 0.3 is 0 Å². The zero-order valence-electron chi connectivity index (χ0n) is 19.4. The highest BCUT2D eigenvalue weighted by Crippen LogP contribution is 2.16. The molecule has 1 amide bonds. The normalized spacial score (nSPS) is 13.9. The monoisotopic (exact) mass is 455 g/mol. The van der Waals surface area contributed by atoms with Crippen LogP contribution in [0.1, 0.15) is 42.8 Å². The molecule has 0 atom stereocenters. The highest BCUT2D eigenvalue weighted by molar-refractivity contribution is 5.96. The largest absolute Gasteiger partial charge is 0.463 e. The number of carbonyl (C=O) groups excluding carboxylic acids is 2. The van der Waals surface area contributed by atoms with Crippen LogP contribution in [0.5, 0.6) is 0 Å². The van der Waals surface area contributed by atoms with Crippen molar-refractivity contribution in [2.75, 3.05) is 33.4 Å². The van der Waals surface area contributed by atoms with Crippen molar-refractivity contribution in [1.82, 2.24) is 25.0 Å². The van der Waals surface area contributed by atoms with Gasteiger partial charge in [0.1, 0.15) is 6.61 Å². The van der Waals surface area contributed by atoms with E-state index in [9.17, 15) is 9.59 Å². The molecule has 0 unspecified atom stereocenters. The van der Waals surface area contributed by atoms with Gasteiger partial charge in [-0.05, 0) is 38.1 Å². The Hall–Kier alpha value is -3.30. The summed E-state index contributed by atoms with van der Waals surface area (Å²) in [5.41, 5.74) is 3.11. The maximum Gasteiger partial charge on any atom is 0.293 e. The zero-order chi connectivity index (χ0) is 23.6. The van der Waals surface area contributed by atoms with Gasteiger partial charge in [0.25, 0.3) is 12.4 Å². The lowest BCUT2D eigenvalue weighted by Gasteiger charge is -2.21. The Kier molecular flexibility index (Phi) is 8.91. The van der Waals surface area contributed by atoms with Crippen molar-refractivity contribution in [3.05, 3.63) is 59.4 Å². The summed E-state index contributed by atoms with van der Waals surface area (Å²) in [6.45, 7) is 9.15. The van der Waals surface area contributed by atoms with Crippen molar-refractivity contribution in [3.8, 4) is 0 Å². The average molecular weight is 456 g/mol. The predicted octanol–water partition coefficient (Wildman–Crippen LogP) is 2.81. The molecule has 33 heavy (non-hydrogen) atoms. The summed E-state index contributed by atoms with van der Waals surface area (Å²) < 4.78 is 11.6. The molecule has 4 rings (SSSR count). The van der Waals surface area contributed by atoms with E-state index in [0.29, 0.717) is 18.6 Å². The number of morpholine rings is 1. The topological polar surface area (TPSA) is 98.6 Å². The molecule has 1 saturated heterocycles. The van der Waals surface area contributed by atoms with Gasteiger partial charge < -0.3 is 19.7 Å². The first kappa shape index (κ1) is 24.3. The van der Waals surface area contributed by atoms with E-state index in [1.807, 2.05) is 42.8 Å². The number of benzene rings is 1. The molecule has 1 aliphatic heterocycles. The Labute approximate surface area is 195 Å². The molecular weight excluding hydrogens is 422 g/mol. The number of nitrogens with one attached hydrogen (secondary N) is 1. The molecular formula is C24H33N5O4. The van der Waals surface area contributed by atoms with E-state index in [0.717, 1.165) is 48.5 Å². The quantitative estimate of drug-likeness (QED) is 0.547. The van der Waals surface area contributed by atoms with E-state index >= 15 is 0 Å². The first-order valence-electron chi connectivity index (χ1n) is 11.0. The number of likely N-dealkylation sites (N-methyl/N-ethyl adjacent to an activating group) is 1. The molecule has 0 spiro atoms. The lowest BCUT2D eigenvalue weighted by atomic mass is 10.1. The smallest absolute Gasteiger partial charge is 0.293 e. The Bertz CT molecular complexity index is 1050. The van der Waals surface area contributed by atoms with Crippen LogP contribution in [-0.4, -0.2) is 65.4 Å². The summed E-state index contributed by atoms with van der Waals surface area (Å²) in [7, 11) is 2.11. The van der Waals surface area contributed by atoms with Gasteiger partial charge in [-0.1, -0.05) is 24.3 Å². The second kappa shape index (κ2) is 12.1. The van der Waals surface area contributed by atoms with Crippen molar-refractivity contribution in [3.63, 3.8) is 0 Å². The van der Waals surface area contributed by atoms with E-state index in [4.69, 9.17) is 9.47 Å². The molecule has 3 aromatic rings. The molecule has 0 saturated carbocycles. The van der Waals surface area contributed by atoms with Crippen molar-refractivity contribution >= 4 is 23.4 Å². The lowest BCUT2D eigenvalue weighted by Crippen LogP contribution is -2.32. The molecule has 1 aliphatic rings. The molecule has 0 aliphatic carbocycles. The van der Waals surface area contributed by atoms with Gasteiger partial charge in [0.2, 0.25) is 0 Å². The molecule has 1 N–H and O–H groups in total. The molecule has 9 heteroatoms. The summed E-state index contributed by atoms with van der Waals surface area (Å²) in [4.78, 5) is 29.2. The number of aromatic nitrogens is 3. The summed E-state index contributed by atoms with van der Waals surface area (Å²) >= 11 is 0. The summed E-state index contributed by atoms with van der Waals surface area (Å²) in [6.07, 6.45) is 3.29. The summed E-state index contributed by atoms with van der Waals surface area (Å²) in [5.74, 6) is -0.190. The molecule has 0 radical (unpaired) electrons. The van der Waals surface area contributed by atoms with Gasteiger partial charge in [0.05, 0.1) is 25.0 Å². The van der Waals surface area contributed by atoms with Crippen molar-refractivity contribution in [2.45, 2.75) is 33.0 Å². The zero-order valence-corrected chi connectivity index (χ0v) is 19.4. The minimum absolute atomic E-state index is 0. The van der Waals surface area contributed by atoms with E-state index in [1.54, 1.807) is 18.5 Å². The fourth-order valence-corrected chi connectivity index (χ4v) is 3.26. The number of fused-ring (bicyclic) bond motifs is 1. The number of carbonyl (C=O) groups is 2. The Morgan fingerprint density at radius 2 is 1.91 bits per heavy atom. The second-order valence-corrected chi connectivity index (χ2v) is 8.14. The van der Waals surface area contributed by atoms with Crippen LogP contribution in [0.2, 0.25) is 0 Å². The average Bonchev–Trinajstić information content (AvgIpc) is 3.26. The maximum absolute atomic E-state index is 12.4. The van der Waals surface area contributed by atoms with Crippen LogP contribution >= 0.6 is 0 Å². The van der Waals surface area contributed by atoms with Crippen LogP contribution in [0.25, 0.3) is 11.0 Å². The highest BCUT2D eigenvalue weighted by atomic mass is 16.5. The SMILES string of the molecule is CC(C)n1ncc2cc(C(=O)NCc3ccc(COC=O)cc3)cnc21.CN1CCOCC1.[HH]. The van der Waals surface area contributed by atoms with Crippen LogP contribution in [0.4, 0.5) is 0 Å². The minimum atomic E-state index is -0.190. The number of rotatable bonds is 7. The lowest BCUT2D eigenvalue weighted by molar-refractivity contribution is -0.129. The third-order valence-corrected chi connectivity index (χ3v) is 5.21. The molecule has 9 nitrogen and oxygen atoms in total. The van der Waals surface area contributed by atoms with Gasteiger partial charge in [-0.25, -0.2) is 9.67 Å². The minimum Gasteiger partial charge on any atom is -0.463 e. The van der Waals surface area contributed by atoms with Crippen LogP contribution in [-0.2, 0) is 27.4 Å². The van der Waals surface area contributed by atoms with Crippen LogP contribution in [0, 0.1) is 0 Å². The van der Waals surface area contributed by atoms with E-state index < -0.39 is 0 Å². The van der Waals surface area contributed by atoms with Crippen LogP contribution in [0.15, 0.2) is 42.7 Å². The Morgan fingerprint density at radius 1 is 1.21 bits per heavy atom. The number of nitrogens with zero attached hydrogens (tertiary/aromatic N) is 4. The van der Waals surface area contributed by atoms with Gasteiger partial charge in [-0.15, -0.1) is 0 Å². The van der Waals surface area contributed by atoms with Crippen molar-refractivity contribution in [2.24, 2.45) is 0 Å². The fraction of sp³-hybridized carbons (Fsp3) is 0.417. The van der Waals surface area contributed by atoms with Gasteiger partial charge in [-0.2, -0.15) is 5.10 Å². The third-order valence-electron chi connectivity index (χ3n) is 5.21. The first-order chi connectivity index (χ1) is 16.0.